The van der Waals surface area contributed by atoms with Crippen molar-refractivity contribution in [3.8, 4) is 11.5 Å². The highest BCUT2D eigenvalue weighted by molar-refractivity contribution is 5.94. The molecular weight excluding hydrogens is 359 g/mol. The number of hydrogen-bond donors (Lipinski definition) is 0. The molecule has 0 N–H and O–H groups in total. The first-order chi connectivity index (χ1) is 12.9. The maximum Gasteiger partial charge on any atom is 0.416 e. The molecule has 1 saturated heterocycles. The lowest BCUT2D eigenvalue weighted by molar-refractivity contribution is -0.137. The van der Waals surface area contributed by atoms with Crippen LogP contribution in [0.25, 0.3) is 0 Å². The lowest BCUT2D eigenvalue weighted by Crippen LogP contribution is -2.30. The molecule has 1 unspecified atom stereocenters. The van der Waals surface area contributed by atoms with Crippen molar-refractivity contribution in [1.29, 1.82) is 0 Å². The van der Waals surface area contributed by atoms with Gasteiger partial charge in [-0.15, -0.1) is 0 Å². The van der Waals surface area contributed by atoms with Crippen molar-refractivity contribution in [2.24, 2.45) is 0 Å². The van der Waals surface area contributed by atoms with Gasteiger partial charge in [0.2, 0.25) is 0 Å². The summed E-state index contributed by atoms with van der Waals surface area (Å²) in [6, 6.07) is 9.88. The zero-order valence-corrected chi connectivity index (χ0v) is 14.5. The van der Waals surface area contributed by atoms with Gasteiger partial charge in [-0.3, -0.25) is 4.79 Å². The smallest absolute Gasteiger partial charge is 0.416 e. The van der Waals surface area contributed by atoms with E-state index in [2.05, 4.69) is 0 Å². The molecular formula is C20H18F3NO3. The number of ether oxygens (including phenoxy) is 2. The van der Waals surface area contributed by atoms with Crippen LogP contribution < -0.4 is 9.47 Å². The van der Waals surface area contributed by atoms with E-state index in [1.54, 1.807) is 4.90 Å². The molecule has 0 saturated carbocycles. The van der Waals surface area contributed by atoms with E-state index < -0.39 is 11.7 Å². The normalized spacial score (nSPS) is 19.2. The number of nitrogens with zero attached hydrogens (tertiary/aromatic N) is 1. The number of hydrogen-bond acceptors (Lipinski definition) is 3. The minimum atomic E-state index is -4.41. The van der Waals surface area contributed by atoms with Crippen LogP contribution in [-0.2, 0) is 6.18 Å². The number of carbonyl (C=O) groups is 1. The molecule has 4 rings (SSSR count). The fraction of sp³-hybridized carbons (Fsp3) is 0.350. The number of amides is 1. The van der Waals surface area contributed by atoms with Crippen LogP contribution in [0.2, 0.25) is 0 Å². The Morgan fingerprint density at radius 3 is 2.41 bits per heavy atom. The van der Waals surface area contributed by atoms with Crippen LogP contribution in [0.3, 0.4) is 0 Å². The third-order valence-electron chi connectivity index (χ3n) is 4.92. The molecule has 0 spiro atoms. The van der Waals surface area contributed by atoms with Crippen LogP contribution in [0.1, 0.15) is 40.4 Å². The first-order valence-electron chi connectivity index (χ1n) is 8.81. The zero-order chi connectivity index (χ0) is 19.0. The summed E-state index contributed by atoms with van der Waals surface area (Å²) in [6.45, 7) is 1.56. The number of alkyl halides is 3. The van der Waals surface area contributed by atoms with Gasteiger partial charge < -0.3 is 14.4 Å². The van der Waals surface area contributed by atoms with Crippen molar-refractivity contribution in [2.75, 3.05) is 19.8 Å². The summed E-state index contributed by atoms with van der Waals surface area (Å²) in [5.41, 5.74) is 0.438. The van der Waals surface area contributed by atoms with Crippen LogP contribution in [0.4, 0.5) is 13.2 Å². The summed E-state index contributed by atoms with van der Waals surface area (Å²) >= 11 is 0. The minimum Gasteiger partial charge on any atom is -0.486 e. The molecule has 2 aromatic carbocycles. The highest BCUT2D eigenvalue weighted by atomic mass is 19.4. The molecule has 142 valence electrons. The average Bonchev–Trinajstić information content (AvgIpc) is 3.16. The molecule has 1 atom stereocenters. The second-order valence-corrected chi connectivity index (χ2v) is 6.63. The van der Waals surface area contributed by atoms with Gasteiger partial charge in [-0.05, 0) is 54.8 Å². The largest absolute Gasteiger partial charge is 0.486 e. The van der Waals surface area contributed by atoms with Gasteiger partial charge in [-0.2, -0.15) is 13.2 Å². The summed E-state index contributed by atoms with van der Waals surface area (Å²) in [6.07, 6.45) is -2.78. The molecule has 0 bridgehead atoms. The van der Waals surface area contributed by atoms with Gasteiger partial charge in [-0.25, -0.2) is 0 Å². The Morgan fingerprint density at radius 1 is 1.00 bits per heavy atom. The Balaban J connectivity index is 1.57. The summed E-state index contributed by atoms with van der Waals surface area (Å²) in [4.78, 5) is 14.6. The molecule has 2 heterocycles. The van der Waals surface area contributed by atoms with Gasteiger partial charge in [0, 0.05) is 12.1 Å². The minimum absolute atomic E-state index is 0.129. The van der Waals surface area contributed by atoms with E-state index in [9.17, 15) is 18.0 Å². The van der Waals surface area contributed by atoms with Crippen molar-refractivity contribution in [2.45, 2.75) is 25.1 Å². The van der Waals surface area contributed by atoms with Crippen LogP contribution in [-0.4, -0.2) is 30.6 Å². The Hall–Kier alpha value is -2.70. The second-order valence-electron chi connectivity index (χ2n) is 6.63. The van der Waals surface area contributed by atoms with Gasteiger partial charge in [0.1, 0.15) is 13.2 Å². The van der Waals surface area contributed by atoms with E-state index in [-0.39, 0.29) is 17.5 Å². The lowest BCUT2D eigenvalue weighted by Gasteiger charge is -2.27. The SMILES string of the molecule is O=C(c1ccc(C(F)(F)F)cc1)N1CCCC1c1ccc2c(c1)OCCO2. The Bertz CT molecular complexity index is 849. The third kappa shape index (κ3) is 3.46. The molecule has 1 fully saturated rings. The number of fused-ring (bicyclic) bond motifs is 1. The van der Waals surface area contributed by atoms with Crippen molar-refractivity contribution in [3.05, 3.63) is 59.2 Å². The Labute approximate surface area is 154 Å². The second kappa shape index (κ2) is 6.79. The first-order valence-corrected chi connectivity index (χ1v) is 8.81. The molecule has 4 nitrogen and oxygen atoms in total. The van der Waals surface area contributed by atoms with E-state index >= 15 is 0 Å². The lowest BCUT2D eigenvalue weighted by atomic mass is 10.0. The molecule has 2 aliphatic rings. The van der Waals surface area contributed by atoms with Gasteiger partial charge in [0.15, 0.2) is 11.5 Å². The monoisotopic (exact) mass is 377 g/mol. The molecule has 27 heavy (non-hydrogen) atoms. The van der Waals surface area contributed by atoms with E-state index in [1.807, 2.05) is 18.2 Å². The number of rotatable bonds is 2. The molecule has 0 radical (unpaired) electrons. The van der Waals surface area contributed by atoms with Crippen molar-refractivity contribution < 1.29 is 27.4 Å². The summed E-state index contributed by atoms with van der Waals surface area (Å²) in [7, 11) is 0. The van der Waals surface area contributed by atoms with Crippen molar-refractivity contribution >= 4 is 5.91 Å². The van der Waals surface area contributed by atoms with Crippen LogP contribution in [0, 0.1) is 0 Å². The van der Waals surface area contributed by atoms with E-state index in [0.29, 0.717) is 31.3 Å². The third-order valence-corrected chi connectivity index (χ3v) is 4.92. The fourth-order valence-electron chi connectivity index (χ4n) is 3.59. The first kappa shape index (κ1) is 17.7. The molecule has 2 aromatic rings. The topological polar surface area (TPSA) is 38.8 Å². The molecule has 0 aliphatic carbocycles. The van der Waals surface area contributed by atoms with Gasteiger partial charge in [0.25, 0.3) is 5.91 Å². The predicted octanol–water partition coefficient (Wildman–Crippen LogP) is 4.45. The zero-order valence-electron chi connectivity index (χ0n) is 14.5. The van der Waals surface area contributed by atoms with Crippen molar-refractivity contribution in [3.63, 3.8) is 0 Å². The maximum absolute atomic E-state index is 12.9. The quantitative estimate of drug-likeness (QED) is 0.776. The number of benzene rings is 2. The van der Waals surface area contributed by atoms with Crippen LogP contribution >= 0.6 is 0 Å². The number of halogens is 3. The predicted molar refractivity (Wildman–Crippen MR) is 91.9 cm³/mol. The standard InChI is InChI=1S/C20H18F3NO3/c21-20(22,23)15-6-3-13(4-7-15)19(25)24-9-1-2-16(24)14-5-8-17-18(12-14)27-11-10-26-17/h3-8,12,16H,1-2,9-11H2. The van der Waals surface area contributed by atoms with E-state index in [0.717, 1.165) is 30.5 Å². The Morgan fingerprint density at radius 2 is 1.70 bits per heavy atom. The molecule has 2 aliphatic heterocycles. The molecule has 7 heteroatoms. The Kier molecular flexibility index (Phi) is 4.45. The number of likely N-dealkylation sites (tertiary alicyclic amines) is 1. The van der Waals surface area contributed by atoms with E-state index in [4.69, 9.17) is 9.47 Å². The summed E-state index contributed by atoms with van der Waals surface area (Å²) in [5, 5.41) is 0. The molecule has 1 amide bonds. The highest BCUT2D eigenvalue weighted by Crippen LogP contribution is 2.39. The van der Waals surface area contributed by atoms with E-state index in [1.165, 1.54) is 12.1 Å². The molecule has 0 aromatic heterocycles. The average molecular weight is 377 g/mol. The summed E-state index contributed by atoms with van der Waals surface area (Å²) in [5.74, 6) is 1.08. The van der Waals surface area contributed by atoms with Gasteiger partial charge in [0.05, 0.1) is 11.6 Å². The van der Waals surface area contributed by atoms with Gasteiger partial charge >= 0.3 is 6.18 Å². The number of carbonyl (C=O) groups excluding carboxylic acids is 1. The highest BCUT2D eigenvalue weighted by Gasteiger charge is 2.33. The fourth-order valence-corrected chi connectivity index (χ4v) is 3.59. The van der Waals surface area contributed by atoms with Crippen LogP contribution in [0.5, 0.6) is 11.5 Å². The van der Waals surface area contributed by atoms with Crippen LogP contribution in [0.15, 0.2) is 42.5 Å². The van der Waals surface area contributed by atoms with Crippen molar-refractivity contribution in [1.82, 2.24) is 4.90 Å². The summed E-state index contributed by atoms with van der Waals surface area (Å²) < 4.78 is 49.3. The van der Waals surface area contributed by atoms with Gasteiger partial charge in [-0.1, -0.05) is 6.07 Å². The maximum atomic E-state index is 12.9.